The molecule has 1 rings (SSSR count). The predicted molar refractivity (Wildman–Crippen MR) is 60.6 cm³/mol. The molecule has 1 aliphatic rings. The maximum atomic E-state index is 11.2. The quantitative estimate of drug-likeness (QED) is 0.720. The highest BCUT2D eigenvalue weighted by molar-refractivity contribution is 7.91. The molecule has 1 saturated heterocycles. The van der Waals surface area contributed by atoms with Gasteiger partial charge in [-0.25, -0.2) is 8.42 Å². The highest BCUT2D eigenvalue weighted by atomic mass is 32.2. The van der Waals surface area contributed by atoms with Crippen molar-refractivity contribution < 1.29 is 13.5 Å². The van der Waals surface area contributed by atoms with Crippen LogP contribution in [0.3, 0.4) is 0 Å². The Balaban J connectivity index is 2.23. The van der Waals surface area contributed by atoms with E-state index in [4.69, 9.17) is 5.11 Å². The predicted octanol–water partition coefficient (Wildman–Crippen LogP) is 0.314. The lowest BCUT2D eigenvalue weighted by Gasteiger charge is -2.26. The molecular formula is C10H21NO3S. The fourth-order valence-electron chi connectivity index (χ4n) is 1.94. The van der Waals surface area contributed by atoms with Crippen molar-refractivity contribution in [2.45, 2.75) is 44.7 Å². The second-order valence-corrected chi connectivity index (χ2v) is 6.66. The van der Waals surface area contributed by atoms with Crippen molar-refractivity contribution in [2.75, 3.05) is 18.1 Å². The molecule has 15 heavy (non-hydrogen) atoms. The van der Waals surface area contributed by atoms with E-state index in [1.807, 2.05) is 0 Å². The molecule has 90 valence electrons. The van der Waals surface area contributed by atoms with E-state index in [9.17, 15) is 8.42 Å². The Bertz CT molecular complexity index is 262. The lowest BCUT2D eigenvalue weighted by Crippen LogP contribution is -2.42. The van der Waals surface area contributed by atoms with Crippen molar-refractivity contribution in [3.05, 3.63) is 0 Å². The summed E-state index contributed by atoms with van der Waals surface area (Å²) in [5, 5.41) is 12.1. The summed E-state index contributed by atoms with van der Waals surface area (Å²) in [4.78, 5) is 0. The van der Waals surface area contributed by atoms with Crippen LogP contribution in [0.15, 0.2) is 0 Å². The summed E-state index contributed by atoms with van der Waals surface area (Å²) in [5.41, 5.74) is 0. The van der Waals surface area contributed by atoms with Gasteiger partial charge in [-0.2, -0.15) is 0 Å². The molecule has 0 radical (unpaired) electrons. The first-order valence-electron chi connectivity index (χ1n) is 5.61. The summed E-state index contributed by atoms with van der Waals surface area (Å²) in [5.74, 6) is 0.634. The molecule has 0 aromatic carbocycles. The topological polar surface area (TPSA) is 66.4 Å². The van der Waals surface area contributed by atoms with Crippen LogP contribution in [0, 0.1) is 0 Å². The number of hydrogen-bond acceptors (Lipinski definition) is 4. The van der Waals surface area contributed by atoms with Crippen molar-refractivity contribution in [1.82, 2.24) is 5.32 Å². The molecule has 0 amide bonds. The first-order chi connectivity index (χ1) is 7.03. The van der Waals surface area contributed by atoms with Gasteiger partial charge in [-0.15, -0.1) is 0 Å². The van der Waals surface area contributed by atoms with Gasteiger partial charge in [0.25, 0.3) is 0 Å². The van der Waals surface area contributed by atoms with Gasteiger partial charge in [-0.05, 0) is 32.6 Å². The lowest BCUT2D eigenvalue weighted by atomic mass is 10.1. The Hall–Kier alpha value is -0.130. The van der Waals surface area contributed by atoms with E-state index in [0.717, 1.165) is 25.7 Å². The normalized spacial score (nSPS) is 23.9. The SMILES string of the molecule is CC(CCCO)NC1CCS(=O)(=O)CC1. The Morgan fingerprint density at radius 3 is 2.53 bits per heavy atom. The third-order valence-electron chi connectivity index (χ3n) is 2.87. The minimum absolute atomic E-state index is 0.227. The molecule has 1 unspecified atom stereocenters. The van der Waals surface area contributed by atoms with Crippen molar-refractivity contribution in [2.24, 2.45) is 0 Å². The molecule has 0 saturated carbocycles. The molecule has 1 atom stereocenters. The summed E-state index contributed by atoms with van der Waals surface area (Å²) >= 11 is 0. The highest BCUT2D eigenvalue weighted by Gasteiger charge is 2.23. The third-order valence-corrected chi connectivity index (χ3v) is 4.59. The minimum atomic E-state index is -2.75. The molecule has 1 aliphatic heterocycles. The van der Waals surface area contributed by atoms with Crippen molar-refractivity contribution >= 4 is 9.84 Å². The highest BCUT2D eigenvalue weighted by Crippen LogP contribution is 2.13. The minimum Gasteiger partial charge on any atom is -0.396 e. The number of sulfone groups is 1. The van der Waals surface area contributed by atoms with Gasteiger partial charge in [-0.1, -0.05) is 0 Å². The lowest BCUT2D eigenvalue weighted by molar-refractivity contribution is 0.272. The fraction of sp³-hybridized carbons (Fsp3) is 1.00. The number of nitrogens with one attached hydrogen (secondary N) is 1. The van der Waals surface area contributed by atoms with Crippen LogP contribution in [0.5, 0.6) is 0 Å². The van der Waals surface area contributed by atoms with Crippen LogP contribution in [-0.2, 0) is 9.84 Å². The van der Waals surface area contributed by atoms with Gasteiger partial charge in [0.05, 0.1) is 11.5 Å². The summed E-state index contributed by atoms with van der Waals surface area (Å²) < 4.78 is 22.4. The van der Waals surface area contributed by atoms with E-state index < -0.39 is 9.84 Å². The standard InChI is InChI=1S/C10H21NO3S/c1-9(3-2-6-12)11-10-4-7-15(13,14)8-5-10/h9-12H,2-8H2,1H3. The fourth-order valence-corrected chi connectivity index (χ4v) is 3.43. The van der Waals surface area contributed by atoms with Crippen molar-refractivity contribution in [1.29, 1.82) is 0 Å². The Labute approximate surface area is 92.0 Å². The second kappa shape index (κ2) is 5.82. The second-order valence-electron chi connectivity index (χ2n) is 4.36. The number of aliphatic hydroxyl groups is 1. The van der Waals surface area contributed by atoms with Gasteiger partial charge in [-0.3, -0.25) is 0 Å². The number of aliphatic hydroxyl groups excluding tert-OH is 1. The largest absolute Gasteiger partial charge is 0.396 e. The molecule has 2 N–H and O–H groups in total. The zero-order valence-corrected chi connectivity index (χ0v) is 10.1. The van der Waals surface area contributed by atoms with E-state index in [2.05, 4.69) is 12.2 Å². The zero-order valence-electron chi connectivity index (χ0n) is 9.28. The number of hydrogen-bond donors (Lipinski definition) is 2. The van der Waals surface area contributed by atoms with Gasteiger partial charge in [0.2, 0.25) is 0 Å². The van der Waals surface area contributed by atoms with Crippen LogP contribution in [0.2, 0.25) is 0 Å². The van der Waals surface area contributed by atoms with Gasteiger partial charge in [0, 0.05) is 18.7 Å². The monoisotopic (exact) mass is 235 g/mol. The summed E-state index contributed by atoms with van der Waals surface area (Å²) in [7, 11) is -2.75. The zero-order chi connectivity index (χ0) is 11.3. The molecule has 0 spiro atoms. The van der Waals surface area contributed by atoms with E-state index in [1.54, 1.807) is 0 Å². The molecule has 5 heteroatoms. The maximum Gasteiger partial charge on any atom is 0.150 e. The Morgan fingerprint density at radius 1 is 1.40 bits per heavy atom. The molecule has 0 bridgehead atoms. The van der Waals surface area contributed by atoms with Crippen LogP contribution in [0.25, 0.3) is 0 Å². The summed E-state index contributed by atoms with van der Waals surface area (Å²) in [6.45, 7) is 2.31. The summed E-state index contributed by atoms with van der Waals surface area (Å²) in [6.07, 6.45) is 3.20. The first-order valence-corrected chi connectivity index (χ1v) is 7.43. The molecular weight excluding hydrogens is 214 g/mol. The van der Waals surface area contributed by atoms with Gasteiger partial charge in [0.1, 0.15) is 9.84 Å². The van der Waals surface area contributed by atoms with E-state index in [1.165, 1.54) is 0 Å². The van der Waals surface area contributed by atoms with Crippen LogP contribution in [0.1, 0.15) is 32.6 Å². The van der Waals surface area contributed by atoms with Crippen molar-refractivity contribution in [3.8, 4) is 0 Å². The maximum absolute atomic E-state index is 11.2. The van der Waals surface area contributed by atoms with Crippen LogP contribution < -0.4 is 5.32 Å². The van der Waals surface area contributed by atoms with Crippen LogP contribution in [0.4, 0.5) is 0 Å². The molecule has 0 aromatic rings. The first kappa shape index (κ1) is 12.9. The molecule has 1 fully saturated rings. The number of rotatable bonds is 5. The van der Waals surface area contributed by atoms with Gasteiger partial charge >= 0.3 is 0 Å². The average Bonchev–Trinajstić information content (AvgIpc) is 2.18. The molecule has 4 nitrogen and oxygen atoms in total. The molecule has 0 aliphatic carbocycles. The Kier molecular flexibility index (Phi) is 5.02. The van der Waals surface area contributed by atoms with E-state index >= 15 is 0 Å². The van der Waals surface area contributed by atoms with Crippen molar-refractivity contribution in [3.63, 3.8) is 0 Å². The van der Waals surface area contributed by atoms with Crippen LogP contribution in [-0.4, -0.2) is 43.7 Å². The van der Waals surface area contributed by atoms with E-state index in [0.29, 0.717) is 23.6 Å². The average molecular weight is 235 g/mol. The third kappa shape index (κ3) is 4.95. The molecule has 0 aromatic heterocycles. The van der Waals surface area contributed by atoms with Gasteiger partial charge < -0.3 is 10.4 Å². The smallest absolute Gasteiger partial charge is 0.150 e. The van der Waals surface area contributed by atoms with Crippen LogP contribution >= 0.6 is 0 Å². The Morgan fingerprint density at radius 2 is 2.00 bits per heavy atom. The van der Waals surface area contributed by atoms with Gasteiger partial charge in [0.15, 0.2) is 0 Å². The molecule has 1 heterocycles. The van der Waals surface area contributed by atoms with E-state index in [-0.39, 0.29) is 6.61 Å². The summed E-state index contributed by atoms with van der Waals surface area (Å²) in [6, 6.07) is 0.699.